The molecule has 0 saturated carbocycles. The third kappa shape index (κ3) is 1.81. The van der Waals surface area contributed by atoms with Crippen LogP contribution in [0.1, 0.15) is 10.5 Å². The predicted molar refractivity (Wildman–Crippen MR) is 65.0 cm³/mol. The van der Waals surface area contributed by atoms with Gasteiger partial charge in [0.15, 0.2) is 5.69 Å². The molecule has 0 radical (unpaired) electrons. The van der Waals surface area contributed by atoms with Gasteiger partial charge in [-0.25, -0.2) is 4.98 Å². The number of rotatable bonds is 2. The first-order valence-electron chi connectivity index (χ1n) is 5.33. The van der Waals surface area contributed by atoms with Crippen molar-refractivity contribution in [3.8, 4) is 0 Å². The molecule has 1 aromatic carbocycles. The molecule has 3 rings (SSSR count). The number of hydrogen-bond acceptors (Lipinski definition) is 4. The number of H-pyrrole nitrogens is 1. The summed E-state index contributed by atoms with van der Waals surface area (Å²) in [7, 11) is 1.71. The van der Waals surface area contributed by atoms with Gasteiger partial charge in [0.25, 0.3) is 5.91 Å². The van der Waals surface area contributed by atoms with Crippen molar-refractivity contribution in [1.82, 2.24) is 25.0 Å². The molecule has 2 aromatic heterocycles. The number of aromatic amines is 1. The minimum absolute atomic E-state index is 0.280. The van der Waals surface area contributed by atoms with Gasteiger partial charge in [-0.3, -0.25) is 9.48 Å². The number of carbonyl (C=O) groups is 1. The van der Waals surface area contributed by atoms with Crippen molar-refractivity contribution in [1.29, 1.82) is 0 Å². The highest BCUT2D eigenvalue weighted by molar-refractivity contribution is 6.03. The molecule has 90 valence electrons. The van der Waals surface area contributed by atoms with Crippen LogP contribution in [0, 0.1) is 0 Å². The second-order valence-electron chi connectivity index (χ2n) is 3.87. The molecule has 0 aliphatic carbocycles. The van der Waals surface area contributed by atoms with Gasteiger partial charge in [-0.2, -0.15) is 0 Å². The highest BCUT2D eigenvalue weighted by atomic mass is 16.2. The second-order valence-corrected chi connectivity index (χ2v) is 3.87. The number of carbonyl (C=O) groups excluding carboxylic acids is 1. The number of amides is 1. The van der Waals surface area contributed by atoms with E-state index >= 15 is 0 Å². The van der Waals surface area contributed by atoms with Crippen LogP contribution < -0.4 is 5.32 Å². The van der Waals surface area contributed by atoms with Gasteiger partial charge in [0.1, 0.15) is 0 Å². The predicted octanol–water partition coefficient (Wildman–Crippen LogP) is 0.944. The summed E-state index contributed by atoms with van der Waals surface area (Å²) in [6.07, 6.45) is 3.17. The van der Waals surface area contributed by atoms with Gasteiger partial charge < -0.3 is 10.3 Å². The number of nitrogens with zero attached hydrogens (tertiary/aromatic N) is 4. The third-order valence-electron chi connectivity index (χ3n) is 2.51. The molecular weight excluding hydrogens is 232 g/mol. The molecule has 0 bridgehead atoms. The average molecular weight is 242 g/mol. The lowest BCUT2D eigenvalue weighted by molar-refractivity contribution is 0.102. The van der Waals surface area contributed by atoms with E-state index in [1.807, 2.05) is 12.1 Å². The molecule has 0 unspecified atom stereocenters. The van der Waals surface area contributed by atoms with Gasteiger partial charge in [-0.05, 0) is 18.2 Å². The van der Waals surface area contributed by atoms with Crippen molar-refractivity contribution in [3.63, 3.8) is 0 Å². The summed E-state index contributed by atoms with van der Waals surface area (Å²) in [5.41, 5.74) is 2.68. The number of nitrogens with one attached hydrogen (secondary N) is 2. The fraction of sp³-hybridized carbons (Fsp3) is 0.0909. The van der Waals surface area contributed by atoms with Crippen LogP contribution in [0.5, 0.6) is 0 Å². The van der Waals surface area contributed by atoms with Crippen molar-refractivity contribution in [3.05, 3.63) is 36.4 Å². The maximum atomic E-state index is 11.8. The summed E-state index contributed by atoms with van der Waals surface area (Å²) in [6.45, 7) is 0. The Morgan fingerprint density at radius 1 is 1.44 bits per heavy atom. The molecule has 0 fully saturated rings. The van der Waals surface area contributed by atoms with E-state index in [4.69, 9.17) is 0 Å². The van der Waals surface area contributed by atoms with Crippen LogP contribution in [-0.2, 0) is 7.05 Å². The quantitative estimate of drug-likeness (QED) is 0.700. The van der Waals surface area contributed by atoms with E-state index in [1.165, 1.54) is 4.68 Å². The van der Waals surface area contributed by atoms with E-state index in [9.17, 15) is 4.79 Å². The van der Waals surface area contributed by atoms with E-state index in [0.29, 0.717) is 5.69 Å². The zero-order chi connectivity index (χ0) is 12.5. The first kappa shape index (κ1) is 10.5. The number of aryl methyl sites for hydroxylation is 1. The van der Waals surface area contributed by atoms with Gasteiger partial charge in [-0.1, -0.05) is 5.21 Å². The van der Waals surface area contributed by atoms with Crippen LogP contribution in [-0.4, -0.2) is 30.9 Å². The summed E-state index contributed by atoms with van der Waals surface area (Å²) in [5, 5.41) is 10.2. The highest BCUT2D eigenvalue weighted by Gasteiger charge is 2.10. The lowest BCUT2D eigenvalue weighted by Crippen LogP contribution is -2.12. The number of fused-ring (bicyclic) bond motifs is 1. The molecule has 0 aliphatic heterocycles. The van der Waals surface area contributed by atoms with Crippen LogP contribution in [0.2, 0.25) is 0 Å². The Balaban J connectivity index is 1.85. The van der Waals surface area contributed by atoms with Crippen LogP contribution in [0.4, 0.5) is 5.69 Å². The molecule has 0 aliphatic rings. The van der Waals surface area contributed by atoms with E-state index in [1.54, 1.807) is 25.6 Å². The number of hydrogen-bond donors (Lipinski definition) is 2. The van der Waals surface area contributed by atoms with Crippen molar-refractivity contribution < 1.29 is 4.79 Å². The Kier molecular flexibility index (Phi) is 2.30. The maximum absolute atomic E-state index is 11.8. The third-order valence-corrected chi connectivity index (χ3v) is 2.51. The Hall–Kier alpha value is -2.70. The van der Waals surface area contributed by atoms with Gasteiger partial charge in [0.05, 0.1) is 23.6 Å². The largest absolute Gasteiger partial charge is 0.345 e. The smallest absolute Gasteiger partial charge is 0.277 e. The molecule has 0 spiro atoms. The Morgan fingerprint density at radius 2 is 2.33 bits per heavy atom. The minimum atomic E-state index is -0.290. The summed E-state index contributed by atoms with van der Waals surface area (Å²) >= 11 is 0. The number of benzene rings is 1. The number of aromatic nitrogens is 5. The van der Waals surface area contributed by atoms with Crippen LogP contribution in [0.15, 0.2) is 30.7 Å². The molecule has 2 heterocycles. The lowest BCUT2D eigenvalue weighted by Gasteiger charge is -2.02. The van der Waals surface area contributed by atoms with Gasteiger partial charge in [-0.15, -0.1) is 5.10 Å². The van der Waals surface area contributed by atoms with Gasteiger partial charge in [0, 0.05) is 12.7 Å². The standard InChI is InChI=1S/C11H10N6O/c1-17-5-10(15-16-17)11(18)14-7-2-3-8-9(4-7)13-6-12-8/h2-6H,1H3,(H,12,13)(H,14,18). The molecule has 7 nitrogen and oxygen atoms in total. The van der Waals surface area contributed by atoms with E-state index < -0.39 is 0 Å². The topological polar surface area (TPSA) is 88.5 Å². The zero-order valence-corrected chi connectivity index (χ0v) is 9.58. The monoisotopic (exact) mass is 242 g/mol. The normalized spacial score (nSPS) is 10.7. The zero-order valence-electron chi connectivity index (χ0n) is 9.58. The lowest BCUT2D eigenvalue weighted by atomic mass is 10.2. The molecule has 7 heteroatoms. The summed E-state index contributed by atoms with van der Waals surface area (Å²) in [4.78, 5) is 18.9. The SMILES string of the molecule is Cn1cc(C(=O)Nc2ccc3nc[nH]c3c2)nn1. The molecule has 2 N–H and O–H groups in total. The Bertz CT molecular complexity index is 713. The number of imidazole rings is 1. The van der Waals surface area contributed by atoms with E-state index in [2.05, 4.69) is 25.6 Å². The van der Waals surface area contributed by atoms with Crippen LogP contribution in [0.25, 0.3) is 11.0 Å². The molecular formula is C11H10N6O. The minimum Gasteiger partial charge on any atom is -0.345 e. The second kappa shape index (κ2) is 3.95. The van der Waals surface area contributed by atoms with Crippen LogP contribution >= 0.6 is 0 Å². The molecule has 3 aromatic rings. The van der Waals surface area contributed by atoms with Crippen LogP contribution in [0.3, 0.4) is 0 Å². The Morgan fingerprint density at radius 3 is 3.11 bits per heavy atom. The fourth-order valence-electron chi connectivity index (χ4n) is 1.66. The van der Waals surface area contributed by atoms with Gasteiger partial charge in [0.2, 0.25) is 0 Å². The Labute approximate surface area is 102 Å². The first-order valence-corrected chi connectivity index (χ1v) is 5.33. The molecule has 18 heavy (non-hydrogen) atoms. The van der Waals surface area contributed by atoms with E-state index in [-0.39, 0.29) is 11.6 Å². The van der Waals surface area contributed by atoms with Crippen molar-refractivity contribution in [2.45, 2.75) is 0 Å². The highest BCUT2D eigenvalue weighted by Crippen LogP contribution is 2.16. The average Bonchev–Trinajstić information content (AvgIpc) is 2.96. The molecule has 0 saturated heterocycles. The first-order chi connectivity index (χ1) is 8.72. The van der Waals surface area contributed by atoms with Crippen molar-refractivity contribution in [2.24, 2.45) is 7.05 Å². The summed E-state index contributed by atoms with van der Waals surface area (Å²) in [6, 6.07) is 5.44. The summed E-state index contributed by atoms with van der Waals surface area (Å²) < 4.78 is 1.48. The molecule has 1 amide bonds. The summed E-state index contributed by atoms with van der Waals surface area (Å²) in [5.74, 6) is -0.290. The van der Waals surface area contributed by atoms with E-state index in [0.717, 1.165) is 11.0 Å². The number of anilines is 1. The van der Waals surface area contributed by atoms with Crippen molar-refractivity contribution >= 4 is 22.6 Å². The maximum Gasteiger partial charge on any atom is 0.277 e. The fourth-order valence-corrected chi connectivity index (χ4v) is 1.66. The van der Waals surface area contributed by atoms with Crippen molar-refractivity contribution in [2.75, 3.05) is 5.32 Å². The van der Waals surface area contributed by atoms with Gasteiger partial charge >= 0.3 is 0 Å². The molecule has 0 atom stereocenters.